The minimum Gasteiger partial charge on any atom is -0.391 e. The van der Waals surface area contributed by atoms with Crippen LogP contribution in [-0.2, 0) is 0 Å². The largest absolute Gasteiger partial charge is 0.391 e. The molecule has 0 aliphatic heterocycles. The van der Waals surface area contributed by atoms with Crippen LogP contribution in [0.1, 0.15) is 4.88 Å². The van der Waals surface area contributed by atoms with Gasteiger partial charge in [0.1, 0.15) is 10.9 Å². The van der Waals surface area contributed by atoms with Crippen molar-refractivity contribution in [1.29, 1.82) is 5.26 Å². The SMILES string of the molecule is N#Cc1ccc(N)s1. The highest BCUT2D eigenvalue weighted by Gasteiger charge is 1.90. The van der Waals surface area contributed by atoms with Crippen molar-refractivity contribution in [2.24, 2.45) is 0 Å². The molecule has 0 unspecified atom stereocenters. The van der Waals surface area contributed by atoms with Gasteiger partial charge in [-0.1, -0.05) is 0 Å². The van der Waals surface area contributed by atoms with Gasteiger partial charge in [0.2, 0.25) is 0 Å². The van der Waals surface area contributed by atoms with E-state index in [0.717, 1.165) is 0 Å². The van der Waals surface area contributed by atoms with E-state index in [2.05, 4.69) is 0 Å². The molecule has 0 atom stereocenters. The van der Waals surface area contributed by atoms with E-state index in [9.17, 15) is 0 Å². The van der Waals surface area contributed by atoms with Crippen molar-refractivity contribution in [3.8, 4) is 6.07 Å². The summed E-state index contributed by atoms with van der Waals surface area (Å²) >= 11 is 1.30. The summed E-state index contributed by atoms with van der Waals surface area (Å²) < 4.78 is 0. The molecular weight excluding hydrogens is 120 g/mol. The Hall–Kier alpha value is -1.01. The molecule has 2 nitrogen and oxygen atoms in total. The minimum atomic E-state index is 0.669. The van der Waals surface area contributed by atoms with Crippen molar-refractivity contribution in [3.63, 3.8) is 0 Å². The van der Waals surface area contributed by atoms with Crippen LogP contribution in [0.25, 0.3) is 0 Å². The Morgan fingerprint density at radius 1 is 1.62 bits per heavy atom. The van der Waals surface area contributed by atoms with Gasteiger partial charge >= 0.3 is 0 Å². The highest BCUT2D eigenvalue weighted by Crippen LogP contribution is 2.15. The van der Waals surface area contributed by atoms with E-state index in [4.69, 9.17) is 11.0 Å². The van der Waals surface area contributed by atoms with Crippen LogP contribution < -0.4 is 5.73 Å². The molecule has 1 heterocycles. The lowest BCUT2D eigenvalue weighted by Gasteiger charge is -1.71. The Morgan fingerprint density at radius 2 is 2.38 bits per heavy atom. The standard InChI is InChI=1S/C5H4N2S/c6-3-4-1-2-5(7)8-4/h1-2H,7H2. The Bertz CT molecular complexity index is 221. The van der Waals surface area contributed by atoms with Crippen LogP contribution in [0.2, 0.25) is 0 Å². The number of nitrogen functional groups attached to an aromatic ring is 1. The lowest BCUT2D eigenvalue weighted by Crippen LogP contribution is -1.72. The number of nitrogens with zero attached hydrogens (tertiary/aromatic N) is 1. The molecule has 2 N–H and O–H groups in total. The summed E-state index contributed by atoms with van der Waals surface area (Å²) in [6.45, 7) is 0. The maximum absolute atomic E-state index is 8.26. The molecular formula is C5H4N2S. The van der Waals surface area contributed by atoms with Gasteiger partial charge < -0.3 is 5.73 Å². The summed E-state index contributed by atoms with van der Waals surface area (Å²) in [7, 11) is 0. The Balaban J connectivity index is 3.05. The number of nitriles is 1. The summed E-state index contributed by atoms with van der Waals surface area (Å²) in [5, 5.41) is 8.95. The Morgan fingerprint density at radius 3 is 2.62 bits per heavy atom. The van der Waals surface area contributed by atoms with Crippen LogP contribution in [0.15, 0.2) is 12.1 Å². The van der Waals surface area contributed by atoms with E-state index >= 15 is 0 Å². The first-order valence-corrected chi connectivity index (χ1v) is 2.90. The fourth-order valence-corrected chi connectivity index (χ4v) is 0.985. The molecule has 0 aliphatic carbocycles. The van der Waals surface area contributed by atoms with Crippen LogP contribution in [0.3, 0.4) is 0 Å². The summed E-state index contributed by atoms with van der Waals surface area (Å²) in [4.78, 5) is 0.669. The lowest BCUT2D eigenvalue weighted by molar-refractivity contribution is 1.52. The third-order valence-electron chi connectivity index (χ3n) is 0.737. The number of anilines is 1. The summed E-state index contributed by atoms with van der Waals surface area (Å²) in [5.41, 5.74) is 5.32. The number of hydrogen-bond acceptors (Lipinski definition) is 3. The maximum atomic E-state index is 8.26. The van der Waals surface area contributed by atoms with Gasteiger partial charge in [-0.2, -0.15) is 5.26 Å². The Kier molecular flexibility index (Phi) is 1.18. The molecule has 8 heavy (non-hydrogen) atoms. The first-order valence-electron chi connectivity index (χ1n) is 2.08. The van der Waals surface area contributed by atoms with Gasteiger partial charge in [0, 0.05) is 0 Å². The molecule has 0 amide bonds. The summed E-state index contributed by atoms with van der Waals surface area (Å²) in [6, 6.07) is 5.42. The van der Waals surface area contributed by atoms with Gasteiger partial charge in [-0.3, -0.25) is 0 Å². The number of nitrogens with two attached hydrogens (primary N) is 1. The molecule has 40 valence electrons. The van der Waals surface area contributed by atoms with E-state index in [1.807, 2.05) is 6.07 Å². The molecule has 0 fully saturated rings. The molecule has 1 aromatic rings. The molecule has 0 aromatic carbocycles. The van der Waals surface area contributed by atoms with E-state index in [1.54, 1.807) is 12.1 Å². The number of hydrogen-bond donors (Lipinski definition) is 1. The quantitative estimate of drug-likeness (QED) is 0.565. The predicted octanol–water partition coefficient (Wildman–Crippen LogP) is 1.20. The van der Waals surface area contributed by atoms with Crippen molar-refractivity contribution < 1.29 is 0 Å². The van der Waals surface area contributed by atoms with Crippen molar-refractivity contribution in [1.82, 2.24) is 0 Å². The monoisotopic (exact) mass is 124 g/mol. The molecule has 0 aliphatic rings. The maximum Gasteiger partial charge on any atom is 0.110 e. The average molecular weight is 124 g/mol. The van der Waals surface area contributed by atoms with Crippen molar-refractivity contribution in [3.05, 3.63) is 17.0 Å². The van der Waals surface area contributed by atoms with Crippen LogP contribution in [0.4, 0.5) is 5.00 Å². The van der Waals surface area contributed by atoms with Gasteiger partial charge in [0.25, 0.3) is 0 Å². The molecule has 1 aromatic heterocycles. The molecule has 0 spiro atoms. The van der Waals surface area contributed by atoms with Gasteiger partial charge in [-0.25, -0.2) is 0 Å². The van der Waals surface area contributed by atoms with Crippen molar-refractivity contribution in [2.45, 2.75) is 0 Å². The zero-order valence-corrected chi connectivity index (χ0v) is 4.90. The third-order valence-corrected chi connectivity index (χ3v) is 1.56. The van der Waals surface area contributed by atoms with Crippen molar-refractivity contribution >= 4 is 16.3 Å². The lowest BCUT2D eigenvalue weighted by atomic mass is 10.5. The molecule has 0 saturated heterocycles. The summed E-state index contributed by atoms with van der Waals surface area (Å²) in [5.74, 6) is 0. The minimum absolute atomic E-state index is 0.669. The number of thiophene rings is 1. The van der Waals surface area contributed by atoms with E-state index < -0.39 is 0 Å². The number of rotatable bonds is 0. The van der Waals surface area contributed by atoms with E-state index in [0.29, 0.717) is 9.88 Å². The topological polar surface area (TPSA) is 49.8 Å². The Labute approximate surface area is 51.2 Å². The van der Waals surface area contributed by atoms with Gasteiger partial charge in [-0.15, -0.1) is 11.3 Å². The van der Waals surface area contributed by atoms with Crippen LogP contribution in [0.5, 0.6) is 0 Å². The second kappa shape index (κ2) is 1.85. The van der Waals surface area contributed by atoms with Crippen molar-refractivity contribution in [2.75, 3.05) is 5.73 Å². The highest BCUT2D eigenvalue weighted by molar-refractivity contribution is 7.16. The zero-order valence-electron chi connectivity index (χ0n) is 4.09. The zero-order chi connectivity index (χ0) is 5.98. The fourth-order valence-electron chi connectivity index (χ4n) is 0.413. The predicted molar refractivity (Wildman–Crippen MR) is 33.4 cm³/mol. The van der Waals surface area contributed by atoms with Crippen LogP contribution in [0, 0.1) is 11.3 Å². The second-order valence-corrected chi connectivity index (χ2v) is 2.43. The fraction of sp³-hybridized carbons (Fsp3) is 0. The molecule has 3 heteroatoms. The van der Waals surface area contributed by atoms with E-state index in [-0.39, 0.29) is 0 Å². The second-order valence-electron chi connectivity index (χ2n) is 1.31. The van der Waals surface area contributed by atoms with Gasteiger partial charge in [0.05, 0.1) is 5.00 Å². The summed E-state index contributed by atoms with van der Waals surface area (Å²) in [6.07, 6.45) is 0. The first-order chi connectivity index (χ1) is 3.83. The normalized spacial score (nSPS) is 8.38. The van der Waals surface area contributed by atoms with Crippen LogP contribution in [-0.4, -0.2) is 0 Å². The molecule has 0 saturated carbocycles. The highest BCUT2D eigenvalue weighted by atomic mass is 32.1. The molecule has 0 radical (unpaired) electrons. The van der Waals surface area contributed by atoms with E-state index in [1.165, 1.54) is 11.3 Å². The smallest absolute Gasteiger partial charge is 0.110 e. The average Bonchev–Trinajstić information content (AvgIpc) is 2.14. The molecule has 0 bridgehead atoms. The van der Waals surface area contributed by atoms with Gasteiger partial charge in [0.15, 0.2) is 0 Å². The molecule has 1 rings (SSSR count). The van der Waals surface area contributed by atoms with Gasteiger partial charge in [-0.05, 0) is 12.1 Å². The van der Waals surface area contributed by atoms with Crippen LogP contribution >= 0.6 is 11.3 Å². The third kappa shape index (κ3) is 0.796. The first kappa shape index (κ1) is 5.13.